The molecule has 1 N–H and O–H groups in total. The maximum Gasteiger partial charge on any atom is 0.417 e. The van der Waals surface area contributed by atoms with Crippen LogP contribution in [0.1, 0.15) is 35.7 Å². The molecule has 0 unspecified atom stereocenters. The second-order valence-electron chi connectivity index (χ2n) is 7.22. The molecule has 2 heterocycles. The van der Waals surface area contributed by atoms with E-state index in [1.807, 2.05) is 47.4 Å². The third-order valence-electron chi connectivity index (χ3n) is 5.16. The Labute approximate surface area is 157 Å². The molecule has 1 fully saturated rings. The first-order valence-corrected chi connectivity index (χ1v) is 9.29. The first-order valence-electron chi connectivity index (χ1n) is 9.29. The van der Waals surface area contributed by atoms with Crippen molar-refractivity contribution >= 4 is 22.7 Å². The highest BCUT2D eigenvalue weighted by Crippen LogP contribution is 2.26. The number of hydrogen-bond acceptors (Lipinski definition) is 4. The molecule has 1 aromatic heterocycles. The topological polar surface area (TPSA) is 69.6 Å². The van der Waals surface area contributed by atoms with Crippen LogP contribution >= 0.6 is 0 Å². The second kappa shape index (κ2) is 6.95. The zero-order valence-electron chi connectivity index (χ0n) is 15.6. The van der Waals surface area contributed by atoms with Crippen molar-refractivity contribution in [2.24, 2.45) is 0 Å². The molecule has 140 valence electrons. The number of benzene rings is 2. The number of nitrogens with one attached hydrogen (secondary N) is 1. The van der Waals surface area contributed by atoms with E-state index in [1.54, 1.807) is 0 Å². The lowest BCUT2D eigenvalue weighted by atomic mass is 10.0. The third-order valence-corrected chi connectivity index (χ3v) is 5.16. The van der Waals surface area contributed by atoms with Gasteiger partial charge < -0.3 is 14.2 Å². The number of H-pyrrole nitrogens is 1. The van der Waals surface area contributed by atoms with Crippen molar-refractivity contribution in [3.63, 3.8) is 0 Å². The zero-order valence-corrected chi connectivity index (χ0v) is 15.6. The van der Waals surface area contributed by atoms with Gasteiger partial charge in [-0.1, -0.05) is 32.0 Å². The highest BCUT2D eigenvalue weighted by atomic mass is 16.4. The summed E-state index contributed by atoms with van der Waals surface area (Å²) in [6.07, 6.45) is 0. The predicted molar refractivity (Wildman–Crippen MR) is 105 cm³/mol. The van der Waals surface area contributed by atoms with Crippen LogP contribution in [0, 0.1) is 0 Å². The van der Waals surface area contributed by atoms with E-state index in [4.69, 9.17) is 4.42 Å². The number of rotatable bonds is 3. The molecule has 3 aromatic rings. The lowest BCUT2D eigenvalue weighted by Gasteiger charge is -2.36. The number of carbonyl (C=O) groups is 1. The van der Waals surface area contributed by atoms with E-state index in [2.05, 4.69) is 23.7 Å². The van der Waals surface area contributed by atoms with Crippen LogP contribution in [-0.4, -0.2) is 42.0 Å². The first-order chi connectivity index (χ1) is 13.0. The van der Waals surface area contributed by atoms with Crippen LogP contribution < -0.4 is 10.7 Å². The number of oxazole rings is 1. The summed E-state index contributed by atoms with van der Waals surface area (Å²) in [5, 5.41) is 0. The maximum absolute atomic E-state index is 12.8. The summed E-state index contributed by atoms with van der Waals surface area (Å²) in [7, 11) is 0. The highest BCUT2D eigenvalue weighted by molar-refractivity contribution is 5.94. The van der Waals surface area contributed by atoms with Gasteiger partial charge in [0, 0.05) is 31.7 Å². The molecule has 1 saturated heterocycles. The van der Waals surface area contributed by atoms with E-state index >= 15 is 0 Å². The van der Waals surface area contributed by atoms with E-state index in [1.165, 1.54) is 5.56 Å². The van der Waals surface area contributed by atoms with Gasteiger partial charge in [-0.25, -0.2) is 4.79 Å². The van der Waals surface area contributed by atoms with Crippen LogP contribution in [0.15, 0.2) is 51.7 Å². The van der Waals surface area contributed by atoms with Gasteiger partial charge in [-0.15, -0.1) is 0 Å². The molecule has 1 amide bonds. The average Bonchev–Trinajstić information content (AvgIpc) is 3.08. The quantitative estimate of drug-likeness (QED) is 0.774. The number of aromatic nitrogens is 1. The Bertz CT molecular complexity index is 1010. The van der Waals surface area contributed by atoms with Crippen molar-refractivity contribution in [3.05, 3.63) is 64.1 Å². The summed E-state index contributed by atoms with van der Waals surface area (Å²) in [6.45, 7) is 6.95. The normalized spacial score (nSPS) is 14.9. The number of para-hydroxylation sites is 1. The molecule has 0 atom stereocenters. The van der Waals surface area contributed by atoms with Gasteiger partial charge >= 0.3 is 5.76 Å². The van der Waals surface area contributed by atoms with Gasteiger partial charge in [0.15, 0.2) is 5.58 Å². The van der Waals surface area contributed by atoms with E-state index in [9.17, 15) is 9.59 Å². The van der Waals surface area contributed by atoms with Crippen molar-refractivity contribution in [2.75, 3.05) is 31.1 Å². The fourth-order valence-electron chi connectivity index (χ4n) is 3.55. The molecule has 0 radical (unpaired) electrons. The predicted octanol–water partition coefficient (Wildman–Crippen LogP) is 3.21. The summed E-state index contributed by atoms with van der Waals surface area (Å²) in [6, 6.07) is 13.6. The van der Waals surface area contributed by atoms with E-state index in [0.717, 1.165) is 11.3 Å². The molecule has 4 rings (SSSR count). The monoisotopic (exact) mass is 365 g/mol. The maximum atomic E-state index is 12.8. The fraction of sp³-hybridized carbons (Fsp3) is 0.333. The smallest absolute Gasteiger partial charge is 0.406 e. The van der Waals surface area contributed by atoms with E-state index in [-0.39, 0.29) is 5.91 Å². The number of anilines is 1. The van der Waals surface area contributed by atoms with Crippen LogP contribution in [0.2, 0.25) is 0 Å². The molecule has 2 aromatic carbocycles. The molecule has 1 aliphatic rings. The molecule has 6 nitrogen and oxygen atoms in total. The van der Waals surface area contributed by atoms with Gasteiger partial charge in [-0.05, 0) is 35.7 Å². The Kier molecular flexibility index (Phi) is 4.48. The summed E-state index contributed by atoms with van der Waals surface area (Å²) < 4.78 is 5.29. The van der Waals surface area contributed by atoms with Crippen molar-refractivity contribution in [1.82, 2.24) is 9.88 Å². The Morgan fingerprint density at radius 2 is 1.74 bits per heavy atom. The lowest BCUT2D eigenvalue weighted by Crippen LogP contribution is -2.48. The minimum absolute atomic E-state index is 0.0661. The van der Waals surface area contributed by atoms with Gasteiger partial charge in [0.2, 0.25) is 0 Å². The minimum Gasteiger partial charge on any atom is -0.406 e. The Hall–Kier alpha value is -3.02. The van der Waals surface area contributed by atoms with Gasteiger partial charge in [0.25, 0.3) is 5.91 Å². The van der Waals surface area contributed by atoms with Crippen LogP contribution in [0.25, 0.3) is 11.1 Å². The number of carbonyl (C=O) groups excluding carboxylic acids is 1. The number of fused-ring (bicyclic) bond motifs is 1. The van der Waals surface area contributed by atoms with Crippen molar-refractivity contribution in [2.45, 2.75) is 19.8 Å². The second-order valence-corrected chi connectivity index (χ2v) is 7.22. The van der Waals surface area contributed by atoms with Crippen molar-refractivity contribution in [3.8, 4) is 0 Å². The zero-order chi connectivity index (χ0) is 19.0. The number of aromatic amines is 1. The standard InChI is InChI=1S/C21H23N3O3/c1-14(2)15-6-8-16(9-7-15)20(25)24-12-10-23(11-13-24)18-5-3-4-17-19(18)27-21(26)22-17/h3-9,14H,10-13H2,1-2H3,(H,22,26). The first kappa shape index (κ1) is 17.4. The molecule has 27 heavy (non-hydrogen) atoms. The van der Waals surface area contributed by atoms with Crippen LogP contribution in [-0.2, 0) is 0 Å². The Balaban J connectivity index is 1.46. The molecule has 0 bridgehead atoms. The van der Waals surface area contributed by atoms with Crippen LogP contribution in [0.4, 0.5) is 5.69 Å². The molecule has 1 aliphatic heterocycles. The SMILES string of the molecule is CC(C)c1ccc(C(=O)N2CCN(c3cccc4[nH]c(=O)oc34)CC2)cc1. The van der Waals surface area contributed by atoms with E-state index in [0.29, 0.717) is 43.2 Å². The summed E-state index contributed by atoms with van der Waals surface area (Å²) in [4.78, 5) is 31.0. The van der Waals surface area contributed by atoms with Crippen molar-refractivity contribution < 1.29 is 9.21 Å². The minimum atomic E-state index is -0.448. The van der Waals surface area contributed by atoms with Crippen LogP contribution in [0.5, 0.6) is 0 Å². The molecule has 6 heteroatoms. The van der Waals surface area contributed by atoms with Gasteiger partial charge in [0.1, 0.15) is 0 Å². The van der Waals surface area contributed by atoms with Gasteiger partial charge in [0.05, 0.1) is 11.2 Å². The summed E-state index contributed by atoms with van der Waals surface area (Å²) >= 11 is 0. The van der Waals surface area contributed by atoms with Gasteiger partial charge in [-0.2, -0.15) is 0 Å². The molecule has 0 spiro atoms. The van der Waals surface area contributed by atoms with Crippen molar-refractivity contribution in [1.29, 1.82) is 0 Å². The summed E-state index contributed by atoms with van der Waals surface area (Å²) in [5.74, 6) is 0.0707. The third kappa shape index (κ3) is 3.35. The summed E-state index contributed by atoms with van der Waals surface area (Å²) in [5.41, 5.74) is 4.12. The molecule has 0 aliphatic carbocycles. The van der Waals surface area contributed by atoms with E-state index < -0.39 is 5.76 Å². The lowest BCUT2D eigenvalue weighted by molar-refractivity contribution is 0.0747. The Morgan fingerprint density at radius 1 is 1.04 bits per heavy atom. The molecular formula is C21H23N3O3. The number of nitrogens with zero attached hydrogens (tertiary/aromatic N) is 2. The number of piperazine rings is 1. The Morgan fingerprint density at radius 3 is 2.41 bits per heavy atom. The number of hydrogen-bond donors (Lipinski definition) is 1. The highest BCUT2D eigenvalue weighted by Gasteiger charge is 2.24. The average molecular weight is 365 g/mol. The van der Waals surface area contributed by atoms with Crippen LogP contribution in [0.3, 0.4) is 0 Å². The molecule has 0 saturated carbocycles. The fourth-order valence-corrected chi connectivity index (χ4v) is 3.55. The van der Waals surface area contributed by atoms with Gasteiger partial charge in [-0.3, -0.25) is 9.78 Å². The number of amides is 1. The largest absolute Gasteiger partial charge is 0.417 e. The molecular weight excluding hydrogens is 342 g/mol.